The quantitative estimate of drug-likeness (QED) is 0.482. The Labute approximate surface area is 77.9 Å². The van der Waals surface area contributed by atoms with Crippen LogP contribution in [-0.4, -0.2) is 51.6 Å². The van der Waals surface area contributed by atoms with Crippen LogP contribution in [0.1, 0.15) is 0 Å². The summed E-state index contributed by atoms with van der Waals surface area (Å²) >= 11 is 0. The van der Waals surface area contributed by atoms with Gasteiger partial charge in [-0.2, -0.15) is 0 Å². The van der Waals surface area contributed by atoms with E-state index in [1.165, 1.54) is 0 Å². The molecule has 12 heavy (non-hydrogen) atoms. The van der Waals surface area contributed by atoms with E-state index in [1.54, 1.807) is 0 Å². The molecule has 0 saturated carbocycles. The molecule has 0 fully saturated rings. The molecule has 0 radical (unpaired) electrons. The summed E-state index contributed by atoms with van der Waals surface area (Å²) in [5.41, 5.74) is 0. The summed E-state index contributed by atoms with van der Waals surface area (Å²) in [5, 5.41) is 6.70. The molecule has 0 heterocycles. The predicted molar refractivity (Wildman–Crippen MR) is 65.7 cm³/mol. The molecular weight excluding hydrogens is 186 g/mol. The van der Waals surface area contributed by atoms with Crippen molar-refractivity contribution in [1.29, 1.82) is 0 Å². The first-order chi connectivity index (χ1) is 5.63. The maximum atomic E-state index is 3.96. The molecule has 2 nitrogen and oxygen atoms in total. The SMILES string of the molecule is C=[P+](C)CNCCNC[P+](=C)C. The van der Waals surface area contributed by atoms with Crippen molar-refractivity contribution in [2.75, 3.05) is 39.0 Å². The topological polar surface area (TPSA) is 24.1 Å². The zero-order valence-electron chi connectivity index (χ0n) is 8.14. The highest BCUT2D eigenvalue weighted by Crippen LogP contribution is 2.08. The third-order valence-corrected chi connectivity index (χ3v) is 2.77. The average Bonchev–Trinajstić information content (AvgIpc) is 1.95. The lowest BCUT2D eigenvalue weighted by Crippen LogP contribution is -2.26. The van der Waals surface area contributed by atoms with Crippen LogP contribution < -0.4 is 10.6 Å². The van der Waals surface area contributed by atoms with Gasteiger partial charge in [0.2, 0.25) is 0 Å². The minimum absolute atomic E-state index is 0.0310. The van der Waals surface area contributed by atoms with E-state index in [4.69, 9.17) is 0 Å². The van der Waals surface area contributed by atoms with Gasteiger partial charge in [-0.05, 0) is 0 Å². The lowest BCUT2D eigenvalue weighted by atomic mass is 10.6. The molecule has 0 aromatic rings. The molecule has 2 unspecified atom stereocenters. The van der Waals surface area contributed by atoms with Crippen molar-refractivity contribution in [3.05, 3.63) is 0 Å². The van der Waals surface area contributed by atoms with Gasteiger partial charge in [-0.1, -0.05) is 0 Å². The van der Waals surface area contributed by atoms with Gasteiger partial charge in [0.15, 0.2) is 12.6 Å². The van der Waals surface area contributed by atoms with Crippen molar-refractivity contribution in [1.82, 2.24) is 10.6 Å². The Kier molecular flexibility index (Phi) is 8.06. The van der Waals surface area contributed by atoms with Crippen molar-refractivity contribution >= 4 is 27.7 Å². The van der Waals surface area contributed by atoms with Gasteiger partial charge in [0, 0.05) is 13.1 Å². The molecule has 0 spiro atoms. The van der Waals surface area contributed by atoms with Gasteiger partial charge >= 0.3 is 0 Å². The standard InChI is InChI=1S/C8H20N2P2/c1-11(2)7-9-5-6-10-8-12(3)4/h9-10H,1,3,5-8H2,2,4H3/q+2. The number of hydrogen-bond acceptors (Lipinski definition) is 2. The molecular formula is C8H20N2P2+2. The van der Waals surface area contributed by atoms with E-state index in [2.05, 4.69) is 36.6 Å². The van der Waals surface area contributed by atoms with E-state index in [0.717, 1.165) is 25.7 Å². The third kappa shape index (κ3) is 10.3. The molecule has 0 saturated heterocycles. The lowest BCUT2D eigenvalue weighted by Gasteiger charge is -1.99. The first-order valence-corrected chi connectivity index (χ1v) is 8.39. The highest BCUT2D eigenvalue weighted by atomic mass is 31.1. The average molecular weight is 206 g/mol. The van der Waals surface area contributed by atoms with Gasteiger partial charge in [-0.3, -0.25) is 10.6 Å². The molecule has 0 aliphatic heterocycles. The van der Waals surface area contributed by atoms with Gasteiger partial charge in [-0.25, -0.2) is 0 Å². The van der Waals surface area contributed by atoms with Crippen LogP contribution in [0.3, 0.4) is 0 Å². The van der Waals surface area contributed by atoms with E-state index >= 15 is 0 Å². The first kappa shape index (κ1) is 12.3. The fourth-order valence-electron chi connectivity index (χ4n) is 0.717. The second-order valence-electron chi connectivity index (χ2n) is 3.03. The third-order valence-electron chi connectivity index (χ3n) is 1.24. The first-order valence-electron chi connectivity index (χ1n) is 4.07. The smallest absolute Gasteiger partial charge is 0.156 e. The van der Waals surface area contributed by atoms with Gasteiger partial charge in [0.25, 0.3) is 0 Å². The predicted octanol–water partition coefficient (Wildman–Crippen LogP) is 1.17. The van der Waals surface area contributed by atoms with E-state index < -0.39 is 0 Å². The van der Waals surface area contributed by atoms with E-state index in [-0.39, 0.29) is 15.1 Å². The maximum Gasteiger partial charge on any atom is 0.156 e. The molecule has 2 N–H and O–H groups in total. The minimum Gasteiger partial charge on any atom is -0.278 e. The summed E-state index contributed by atoms with van der Waals surface area (Å²) < 4.78 is 0. The fraction of sp³-hybridized carbons (Fsp3) is 0.750. The maximum absolute atomic E-state index is 3.96. The van der Waals surface area contributed by atoms with Crippen LogP contribution in [0.5, 0.6) is 0 Å². The second kappa shape index (κ2) is 7.89. The van der Waals surface area contributed by atoms with Crippen LogP contribution in [0.2, 0.25) is 0 Å². The summed E-state index contributed by atoms with van der Waals surface area (Å²) in [7, 11) is -0.0619. The van der Waals surface area contributed by atoms with Gasteiger partial charge in [-0.15, -0.1) is 0 Å². The molecule has 0 amide bonds. The van der Waals surface area contributed by atoms with Crippen LogP contribution in [0.15, 0.2) is 0 Å². The largest absolute Gasteiger partial charge is 0.278 e. The van der Waals surface area contributed by atoms with E-state index in [1.807, 2.05) is 0 Å². The Bertz CT molecular complexity index is 139. The Balaban J connectivity index is 3.01. The lowest BCUT2D eigenvalue weighted by molar-refractivity contribution is 0.696. The Morgan fingerprint density at radius 2 is 1.25 bits per heavy atom. The van der Waals surface area contributed by atoms with Gasteiger partial charge in [0.1, 0.15) is 0 Å². The molecule has 0 bridgehead atoms. The zero-order valence-corrected chi connectivity index (χ0v) is 9.93. The highest BCUT2D eigenvalue weighted by Gasteiger charge is 1.96. The molecule has 0 aromatic carbocycles. The normalized spacial score (nSPS) is 12.8. The van der Waals surface area contributed by atoms with Crippen LogP contribution in [0.4, 0.5) is 0 Å². The number of hydrogen-bond donors (Lipinski definition) is 2. The monoisotopic (exact) mass is 206 g/mol. The summed E-state index contributed by atoms with van der Waals surface area (Å²) in [4.78, 5) is 0. The molecule has 0 rings (SSSR count). The van der Waals surface area contributed by atoms with E-state index in [0.29, 0.717) is 0 Å². The van der Waals surface area contributed by atoms with Crippen molar-refractivity contribution in [3.8, 4) is 0 Å². The van der Waals surface area contributed by atoms with Gasteiger partial charge < -0.3 is 0 Å². The van der Waals surface area contributed by atoms with Gasteiger partial charge in [0.05, 0.1) is 41.0 Å². The van der Waals surface area contributed by atoms with Crippen molar-refractivity contribution in [3.63, 3.8) is 0 Å². The van der Waals surface area contributed by atoms with Crippen molar-refractivity contribution in [2.24, 2.45) is 0 Å². The number of nitrogens with one attached hydrogen (secondary N) is 2. The summed E-state index contributed by atoms with van der Waals surface area (Å²) in [5.74, 6) is 0. The second-order valence-corrected chi connectivity index (χ2v) is 7.09. The van der Waals surface area contributed by atoms with Crippen LogP contribution in [0.25, 0.3) is 0 Å². The summed E-state index contributed by atoms with van der Waals surface area (Å²) in [6, 6.07) is 0. The molecule has 0 aliphatic rings. The Morgan fingerprint density at radius 1 is 0.917 bits per heavy atom. The molecule has 0 aromatic heterocycles. The zero-order chi connectivity index (χ0) is 9.40. The Hall–Kier alpha value is 0.260. The fourth-order valence-corrected chi connectivity index (χ4v) is 1.80. The minimum atomic E-state index is -0.0310. The van der Waals surface area contributed by atoms with Crippen LogP contribution >= 0.6 is 15.1 Å². The Morgan fingerprint density at radius 3 is 1.50 bits per heavy atom. The number of rotatable bonds is 7. The van der Waals surface area contributed by atoms with Crippen LogP contribution in [0, 0.1) is 0 Å². The summed E-state index contributed by atoms with van der Waals surface area (Å²) in [6.07, 6.45) is 10.1. The van der Waals surface area contributed by atoms with Crippen LogP contribution in [-0.2, 0) is 0 Å². The van der Waals surface area contributed by atoms with Crippen molar-refractivity contribution in [2.45, 2.75) is 0 Å². The molecule has 4 heteroatoms. The molecule has 0 aliphatic carbocycles. The van der Waals surface area contributed by atoms with Crippen molar-refractivity contribution < 1.29 is 0 Å². The molecule has 2 atom stereocenters. The summed E-state index contributed by atoms with van der Waals surface area (Å²) in [6.45, 7) is 6.45. The van der Waals surface area contributed by atoms with E-state index in [9.17, 15) is 0 Å². The molecule has 70 valence electrons. The highest BCUT2D eigenvalue weighted by molar-refractivity contribution is 7.55.